The Bertz CT molecular complexity index is 833. The molecule has 27 heavy (non-hydrogen) atoms. The van der Waals surface area contributed by atoms with Crippen LogP contribution in [0.25, 0.3) is 5.69 Å². The number of aromatic nitrogens is 2. The molecular weight excluding hydrogens is 361 g/mol. The topological polar surface area (TPSA) is 90.0 Å². The van der Waals surface area contributed by atoms with E-state index in [2.05, 4.69) is 10.4 Å². The summed E-state index contributed by atoms with van der Waals surface area (Å²) in [6.45, 7) is 0. The molecule has 144 valence electrons. The van der Waals surface area contributed by atoms with Gasteiger partial charge in [-0.15, -0.1) is 0 Å². The Morgan fingerprint density at radius 1 is 1.19 bits per heavy atom. The van der Waals surface area contributed by atoms with E-state index in [1.54, 1.807) is 30.3 Å². The van der Waals surface area contributed by atoms with Gasteiger partial charge in [-0.05, 0) is 31.4 Å². The lowest BCUT2D eigenvalue weighted by atomic mass is 9.85. The van der Waals surface area contributed by atoms with Gasteiger partial charge >= 0.3 is 6.18 Å². The second-order valence-corrected chi connectivity index (χ2v) is 6.60. The lowest BCUT2D eigenvalue weighted by Crippen LogP contribution is -2.41. The molecule has 0 bridgehead atoms. The number of para-hydroxylation sites is 1. The molecule has 3 rings (SSSR count). The predicted molar refractivity (Wildman–Crippen MR) is 91.3 cm³/mol. The van der Waals surface area contributed by atoms with Crippen molar-refractivity contribution in [2.75, 3.05) is 0 Å². The van der Waals surface area contributed by atoms with Crippen molar-refractivity contribution in [1.82, 2.24) is 15.1 Å². The van der Waals surface area contributed by atoms with Gasteiger partial charge in [0.2, 0.25) is 0 Å². The summed E-state index contributed by atoms with van der Waals surface area (Å²) in [4.78, 5) is 24.1. The van der Waals surface area contributed by atoms with Gasteiger partial charge in [-0.3, -0.25) is 9.59 Å². The fourth-order valence-electron chi connectivity index (χ4n) is 3.31. The summed E-state index contributed by atoms with van der Waals surface area (Å²) in [5, 5.41) is 6.72. The highest BCUT2D eigenvalue weighted by molar-refractivity contribution is 5.97. The minimum Gasteiger partial charge on any atom is -0.364 e. The second-order valence-electron chi connectivity index (χ2n) is 6.60. The molecule has 1 heterocycles. The van der Waals surface area contributed by atoms with Crippen molar-refractivity contribution >= 4 is 11.8 Å². The number of alkyl halides is 3. The number of nitrogens with two attached hydrogens (primary N) is 1. The van der Waals surface area contributed by atoms with E-state index in [-0.39, 0.29) is 24.2 Å². The Hall–Kier alpha value is -2.84. The standard InChI is InChI=1S/C18H19F3N4O2/c19-18(20,21)11-5-4-6-12(9-11)23-17(27)14-10-15(16(22)26)25(24-14)13-7-2-1-3-8-13/h1-3,7-8,10-12H,4-6,9H2,(H2,22,26)(H,23,27). The van der Waals surface area contributed by atoms with Crippen LogP contribution in [0.5, 0.6) is 0 Å². The first kappa shape index (κ1) is 18.9. The molecule has 3 N–H and O–H groups in total. The fourth-order valence-corrected chi connectivity index (χ4v) is 3.31. The quantitative estimate of drug-likeness (QED) is 0.855. The summed E-state index contributed by atoms with van der Waals surface area (Å²) in [6, 6.07) is 9.30. The van der Waals surface area contributed by atoms with Crippen molar-refractivity contribution in [2.45, 2.75) is 37.9 Å². The summed E-state index contributed by atoms with van der Waals surface area (Å²) in [6.07, 6.45) is -3.49. The Morgan fingerprint density at radius 2 is 1.89 bits per heavy atom. The maximum absolute atomic E-state index is 12.9. The Kier molecular flexibility index (Phi) is 5.20. The zero-order valence-electron chi connectivity index (χ0n) is 14.4. The van der Waals surface area contributed by atoms with Gasteiger partial charge in [0.05, 0.1) is 11.6 Å². The number of nitrogens with one attached hydrogen (secondary N) is 1. The van der Waals surface area contributed by atoms with Crippen LogP contribution in [0.3, 0.4) is 0 Å². The molecular formula is C18H19F3N4O2. The smallest absolute Gasteiger partial charge is 0.364 e. The van der Waals surface area contributed by atoms with Gasteiger partial charge in [0, 0.05) is 12.1 Å². The van der Waals surface area contributed by atoms with Crippen LogP contribution in [0.15, 0.2) is 36.4 Å². The zero-order chi connectivity index (χ0) is 19.6. The number of primary amides is 1. The third-order valence-corrected chi connectivity index (χ3v) is 4.67. The molecule has 1 aromatic heterocycles. The maximum atomic E-state index is 12.9. The Labute approximate surface area is 153 Å². The number of nitrogens with zero attached hydrogens (tertiary/aromatic N) is 2. The fraction of sp³-hybridized carbons (Fsp3) is 0.389. The summed E-state index contributed by atoms with van der Waals surface area (Å²) in [7, 11) is 0. The lowest BCUT2D eigenvalue weighted by molar-refractivity contribution is -0.183. The van der Waals surface area contributed by atoms with Crippen molar-refractivity contribution in [3.8, 4) is 5.69 Å². The molecule has 1 fully saturated rings. The molecule has 0 aliphatic heterocycles. The first-order valence-electron chi connectivity index (χ1n) is 8.58. The average molecular weight is 380 g/mol. The monoisotopic (exact) mass is 380 g/mol. The Balaban J connectivity index is 1.78. The largest absolute Gasteiger partial charge is 0.391 e. The number of carbonyl (C=O) groups excluding carboxylic acids is 2. The average Bonchev–Trinajstić information content (AvgIpc) is 3.08. The first-order valence-corrected chi connectivity index (χ1v) is 8.58. The Morgan fingerprint density at radius 3 is 2.52 bits per heavy atom. The highest BCUT2D eigenvalue weighted by Gasteiger charge is 2.42. The molecule has 2 aromatic rings. The van der Waals surface area contributed by atoms with E-state index in [4.69, 9.17) is 5.73 Å². The minimum atomic E-state index is -4.27. The number of benzene rings is 1. The van der Waals surface area contributed by atoms with Crippen LogP contribution in [0.4, 0.5) is 13.2 Å². The number of halogens is 3. The van der Waals surface area contributed by atoms with Gasteiger partial charge in [0.25, 0.3) is 11.8 Å². The van der Waals surface area contributed by atoms with Gasteiger partial charge in [0.15, 0.2) is 5.69 Å². The molecule has 1 aliphatic carbocycles. The molecule has 2 amide bonds. The SMILES string of the molecule is NC(=O)c1cc(C(=O)NC2CCCC(C(F)(F)F)C2)nn1-c1ccccc1. The van der Waals surface area contributed by atoms with Crippen LogP contribution in [-0.2, 0) is 0 Å². The van der Waals surface area contributed by atoms with Gasteiger partial charge in [-0.1, -0.05) is 24.6 Å². The van der Waals surface area contributed by atoms with Crippen molar-refractivity contribution in [3.63, 3.8) is 0 Å². The molecule has 1 aromatic carbocycles. The van der Waals surface area contributed by atoms with Crippen molar-refractivity contribution in [3.05, 3.63) is 47.8 Å². The van der Waals surface area contributed by atoms with Gasteiger partial charge in [0.1, 0.15) is 5.69 Å². The van der Waals surface area contributed by atoms with E-state index in [9.17, 15) is 22.8 Å². The predicted octanol–water partition coefficient (Wildman–Crippen LogP) is 2.82. The van der Waals surface area contributed by atoms with Crippen LogP contribution in [0.1, 0.15) is 46.7 Å². The molecule has 2 atom stereocenters. The van der Waals surface area contributed by atoms with Gasteiger partial charge in [-0.25, -0.2) is 4.68 Å². The number of carbonyl (C=O) groups is 2. The van der Waals surface area contributed by atoms with Crippen LogP contribution in [0.2, 0.25) is 0 Å². The molecule has 9 heteroatoms. The normalized spacial score (nSPS) is 20.3. The van der Waals surface area contributed by atoms with Crippen LogP contribution >= 0.6 is 0 Å². The first-order chi connectivity index (χ1) is 12.8. The second kappa shape index (κ2) is 7.42. The van der Waals surface area contributed by atoms with E-state index >= 15 is 0 Å². The van der Waals surface area contributed by atoms with E-state index < -0.39 is 30.0 Å². The van der Waals surface area contributed by atoms with Crippen LogP contribution < -0.4 is 11.1 Å². The van der Waals surface area contributed by atoms with Gasteiger partial charge < -0.3 is 11.1 Å². The van der Waals surface area contributed by atoms with Crippen LogP contribution in [-0.4, -0.2) is 33.8 Å². The van der Waals surface area contributed by atoms with E-state index in [0.29, 0.717) is 18.5 Å². The third kappa shape index (κ3) is 4.29. The van der Waals surface area contributed by atoms with Crippen molar-refractivity contribution in [1.29, 1.82) is 0 Å². The molecule has 0 saturated heterocycles. The third-order valence-electron chi connectivity index (χ3n) is 4.67. The van der Waals surface area contributed by atoms with Crippen molar-refractivity contribution in [2.24, 2.45) is 11.7 Å². The zero-order valence-corrected chi connectivity index (χ0v) is 14.4. The number of hydrogen-bond acceptors (Lipinski definition) is 3. The number of rotatable bonds is 4. The molecule has 0 radical (unpaired) electrons. The summed E-state index contributed by atoms with van der Waals surface area (Å²) in [5.74, 6) is -2.81. The summed E-state index contributed by atoms with van der Waals surface area (Å²) in [5.41, 5.74) is 5.85. The molecule has 6 nitrogen and oxygen atoms in total. The number of hydrogen-bond donors (Lipinski definition) is 2. The summed E-state index contributed by atoms with van der Waals surface area (Å²) >= 11 is 0. The highest BCUT2D eigenvalue weighted by Crippen LogP contribution is 2.37. The number of amides is 2. The summed E-state index contributed by atoms with van der Waals surface area (Å²) < 4.78 is 40.0. The van der Waals surface area contributed by atoms with Gasteiger partial charge in [-0.2, -0.15) is 18.3 Å². The molecule has 1 saturated carbocycles. The van der Waals surface area contributed by atoms with E-state index in [1.165, 1.54) is 10.7 Å². The lowest BCUT2D eigenvalue weighted by Gasteiger charge is -2.30. The van der Waals surface area contributed by atoms with E-state index in [1.807, 2.05) is 0 Å². The molecule has 1 aliphatic rings. The maximum Gasteiger partial charge on any atom is 0.391 e. The van der Waals surface area contributed by atoms with Crippen LogP contribution in [0, 0.1) is 5.92 Å². The molecule has 0 spiro atoms. The van der Waals surface area contributed by atoms with E-state index in [0.717, 1.165) is 0 Å². The molecule has 2 unspecified atom stereocenters. The highest BCUT2D eigenvalue weighted by atomic mass is 19.4. The minimum absolute atomic E-state index is 0.0168. The van der Waals surface area contributed by atoms with Crippen molar-refractivity contribution < 1.29 is 22.8 Å².